The van der Waals surface area contributed by atoms with Gasteiger partial charge in [-0.25, -0.2) is 4.57 Å². The summed E-state index contributed by atoms with van der Waals surface area (Å²) in [4.78, 5) is 0. The van der Waals surface area contributed by atoms with Gasteiger partial charge >= 0.3 is 0 Å². The average molecular weight is 567 g/mol. The largest absolute Gasteiger partial charge is 0.216 e. The van der Waals surface area contributed by atoms with Gasteiger partial charge in [0.25, 0.3) is 0 Å². The zero-order chi connectivity index (χ0) is 29.4. The van der Waals surface area contributed by atoms with Gasteiger partial charge in [0.1, 0.15) is 7.05 Å². The molecule has 0 saturated carbocycles. The molecule has 0 fully saturated rings. The van der Waals surface area contributed by atoms with Crippen LogP contribution in [-0.4, -0.2) is 8.07 Å². The molecule has 1 aliphatic rings. The highest BCUT2D eigenvalue weighted by molar-refractivity contribution is 6.89. The van der Waals surface area contributed by atoms with Crippen LogP contribution in [0, 0.1) is 6.92 Å². The molecule has 3 heterocycles. The second-order valence-corrected chi connectivity index (χ2v) is 17.8. The average Bonchev–Trinajstić information content (AvgIpc) is 2.99. The van der Waals surface area contributed by atoms with E-state index in [0.717, 1.165) is 12.8 Å². The molecule has 1 aliphatic heterocycles. The van der Waals surface area contributed by atoms with Crippen LogP contribution >= 0.6 is 0 Å². The molecule has 2 unspecified atom stereocenters. The van der Waals surface area contributed by atoms with Crippen LogP contribution in [0.25, 0.3) is 33.6 Å². The molecule has 6 rings (SSSR count). The van der Waals surface area contributed by atoms with Crippen molar-refractivity contribution in [1.29, 1.82) is 0 Å². The van der Waals surface area contributed by atoms with E-state index in [-0.39, 0.29) is 6.04 Å². The van der Waals surface area contributed by atoms with Crippen LogP contribution in [-0.2, 0) is 13.5 Å². The molecule has 0 bridgehead atoms. The summed E-state index contributed by atoms with van der Waals surface area (Å²) in [6.07, 6.45) is 8.80. The highest BCUT2D eigenvalue weighted by Crippen LogP contribution is 2.42. The fourth-order valence-corrected chi connectivity index (χ4v) is 8.53. The van der Waals surface area contributed by atoms with Gasteiger partial charge in [-0.1, -0.05) is 93.0 Å². The first kappa shape index (κ1) is 28.1. The molecule has 2 aromatic heterocycles. The highest BCUT2D eigenvalue weighted by Gasteiger charge is 2.38. The minimum Gasteiger partial charge on any atom is -0.200 e. The summed E-state index contributed by atoms with van der Waals surface area (Å²) in [5.74, 6) is 0.359. The zero-order valence-corrected chi connectivity index (χ0v) is 26.6. The van der Waals surface area contributed by atoms with E-state index in [9.17, 15) is 0 Å². The predicted molar refractivity (Wildman–Crippen MR) is 179 cm³/mol. The first-order valence-electron chi connectivity index (χ1n) is 15.2. The Hall–Kier alpha value is -4.08. The maximum atomic E-state index is 4.31. The maximum Gasteiger partial charge on any atom is 0.216 e. The van der Waals surface area contributed by atoms with Crippen LogP contribution in [0.1, 0.15) is 35.1 Å². The number of pyridine rings is 2. The van der Waals surface area contributed by atoms with E-state index in [1.165, 1.54) is 55.5 Å². The molecule has 0 spiro atoms. The highest BCUT2D eigenvalue weighted by atomic mass is 28.3. The summed E-state index contributed by atoms with van der Waals surface area (Å²) in [5.41, 5.74) is 12.1. The maximum absolute atomic E-state index is 4.31. The fourth-order valence-electron chi connectivity index (χ4n) is 6.94. The lowest BCUT2D eigenvalue weighted by Crippen LogP contribution is -2.47. The van der Waals surface area contributed by atoms with Crippen LogP contribution < -0.4 is 14.3 Å². The monoisotopic (exact) mass is 566 g/mol. The topological polar surface area (TPSA) is 7.76 Å². The quantitative estimate of drug-likeness (QED) is 0.107. The molecular weight excluding hydrogens is 525 g/mol. The Morgan fingerprint density at radius 3 is 2.24 bits per heavy atom. The number of hydrogen-bond donors (Lipinski definition) is 0. The zero-order valence-electron chi connectivity index (χ0n) is 25.6. The Bertz CT molecular complexity index is 1760. The van der Waals surface area contributed by atoms with Crippen LogP contribution in [0.2, 0.25) is 19.6 Å². The summed E-state index contributed by atoms with van der Waals surface area (Å²) >= 11 is 0. The molecule has 0 saturated heterocycles. The molecular formula is C39H42N2Si+2. The number of aromatic nitrogens is 2. The van der Waals surface area contributed by atoms with Gasteiger partial charge in [0, 0.05) is 28.8 Å². The smallest absolute Gasteiger partial charge is 0.200 e. The lowest BCUT2D eigenvalue weighted by atomic mass is 9.78. The third-order valence-corrected chi connectivity index (χ3v) is 11.0. The molecule has 42 heavy (non-hydrogen) atoms. The number of hydrogen-bond acceptors (Lipinski definition) is 0. The number of rotatable bonds is 7. The van der Waals surface area contributed by atoms with Crippen molar-refractivity contribution in [2.24, 2.45) is 7.05 Å². The standard InChI is InChI=1S/C39H42N2Si/c1-7-36-33(32-21-13-14-22-34(32)39-28(2)16-15-25-41(36)39)24-23-30-19-11-12-20-31(30)37-26-38(42(4,5)6)35(27-40(37)3)29-17-9-8-10-18-29/h7-22,25-27,33,36H,1,23-24H2,2-6H3/q+2. The first-order chi connectivity index (χ1) is 20.3. The van der Waals surface area contributed by atoms with E-state index in [0.29, 0.717) is 5.92 Å². The predicted octanol–water partition coefficient (Wildman–Crippen LogP) is 8.11. The molecule has 2 atom stereocenters. The van der Waals surface area contributed by atoms with E-state index in [1.807, 2.05) is 0 Å². The van der Waals surface area contributed by atoms with Gasteiger partial charge in [-0.2, -0.15) is 4.57 Å². The summed E-state index contributed by atoms with van der Waals surface area (Å²) < 4.78 is 4.78. The molecule has 2 nitrogen and oxygen atoms in total. The van der Waals surface area contributed by atoms with E-state index in [1.54, 1.807) is 0 Å². The van der Waals surface area contributed by atoms with Gasteiger partial charge < -0.3 is 0 Å². The first-order valence-corrected chi connectivity index (χ1v) is 18.7. The number of nitrogens with zero attached hydrogens (tertiary/aromatic N) is 2. The van der Waals surface area contributed by atoms with Gasteiger partial charge in [0.2, 0.25) is 11.4 Å². The summed E-state index contributed by atoms with van der Waals surface area (Å²) in [5, 5.41) is 1.51. The molecule has 210 valence electrons. The van der Waals surface area contributed by atoms with E-state index >= 15 is 0 Å². The van der Waals surface area contributed by atoms with Gasteiger partial charge in [-0.3, -0.25) is 0 Å². The molecule has 3 aromatic carbocycles. The van der Waals surface area contributed by atoms with E-state index < -0.39 is 8.07 Å². The summed E-state index contributed by atoms with van der Waals surface area (Å²) in [6.45, 7) is 13.9. The van der Waals surface area contributed by atoms with Crippen molar-refractivity contribution in [3.8, 4) is 33.6 Å². The number of fused-ring (bicyclic) bond motifs is 3. The summed E-state index contributed by atoms with van der Waals surface area (Å²) in [7, 11) is 0.572. The Morgan fingerprint density at radius 2 is 1.50 bits per heavy atom. The minimum absolute atomic E-state index is 0.224. The third-order valence-electron chi connectivity index (χ3n) is 9.00. The van der Waals surface area contributed by atoms with E-state index in [2.05, 4.69) is 165 Å². The van der Waals surface area contributed by atoms with Gasteiger partial charge in [-0.05, 0) is 65.9 Å². The Labute approximate surface area is 252 Å². The van der Waals surface area contributed by atoms with Gasteiger partial charge in [-0.15, -0.1) is 0 Å². The Balaban J connectivity index is 1.40. The second-order valence-electron chi connectivity index (χ2n) is 12.8. The Kier molecular flexibility index (Phi) is 7.55. The number of benzene rings is 3. The molecule has 0 aliphatic carbocycles. The van der Waals surface area contributed by atoms with Gasteiger partial charge in [0.15, 0.2) is 18.4 Å². The van der Waals surface area contributed by atoms with Crippen molar-refractivity contribution < 1.29 is 9.13 Å². The summed E-state index contributed by atoms with van der Waals surface area (Å²) in [6, 6.07) is 36.0. The molecule has 0 radical (unpaired) electrons. The van der Waals surface area contributed by atoms with Gasteiger partial charge in [0.05, 0.1) is 19.6 Å². The van der Waals surface area contributed by atoms with Crippen molar-refractivity contribution in [2.45, 2.75) is 51.4 Å². The van der Waals surface area contributed by atoms with Crippen LogP contribution in [0.15, 0.2) is 122 Å². The SMILES string of the molecule is C=CC1C(CCc2ccccc2-c2cc([Si](C)(C)C)c(-c3ccccc3)c[n+]2C)c2ccccc2-c2c(C)ccc[n+]21. The number of allylic oxidation sites excluding steroid dienone is 1. The van der Waals surface area contributed by atoms with Crippen molar-refractivity contribution >= 4 is 13.3 Å². The van der Waals surface area contributed by atoms with E-state index in [4.69, 9.17) is 0 Å². The molecule has 0 N–H and O–H groups in total. The Morgan fingerprint density at radius 1 is 0.810 bits per heavy atom. The van der Waals surface area contributed by atoms with Crippen molar-refractivity contribution in [2.75, 3.05) is 0 Å². The molecule has 3 heteroatoms. The minimum atomic E-state index is -1.63. The van der Waals surface area contributed by atoms with Crippen molar-refractivity contribution in [3.05, 3.63) is 139 Å². The van der Waals surface area contributed by atoms with Crippen LogP contribution in [0.4, 0.5) is 0 Å². The second kappa shape index (κ2) is 11.3. The molecule has 0 amide bonds. The van der Waals surface area contributed by atoms with Crippen LogP contribution in [0.5, 0.6) is 0 Å². The number of aryl methyl sites for hydroxylation is 3. The van der Waals surface area contributed by atoms with Crippen LogP contribution in [0.3, 0.4) is 0 Å². The van der Waals surface area contributed by atoms with Crippen molar-refractivity contribution in [3.63, 3.8) is 0 Å². The lowest BCUT2D eigenvalue weighted by Gasteiger charge is -2.29. The van der Waals surface area contributed by atoms with Crippen molar-refractivity contribution in [1.82, 2.24) is 0 Å². The lowest BCUT2D eigenvalue weighted by molar-refractivity contribution is -0.707. The molecule has 5 aromatic rings. The normalized spacial score (nSPS) is 16.0. The third kappa shape index (κ3) is 5.07. The fraction of sp³-hybridized carbons (Fsp3) is 0.231.